The number of nitrogen functional groups attached to an aromatic ring is 1. The third-order valence-electron chi connectivity index (χ3n) is 2.09. The third-order valence-corrected chi connectivity index (χ3v) is 2.69. The van der Waals surface area contributed by atoms with Crippen molar-refractivity contribution in [1.82, 2.24) is 4.98 Å². The highest BCUT2D eigenvalue weighted by molar-refractivity contribution is 9.10. The van der Waals surface area contributed by atoms with Crippen LogP contribution in [0.2, 0.25) is 0 Å². The van der Waals surface area contributed by atoms with E-state index in [0.717, 1.165) is 0 Å². The molecule has 2 heterocycles. The van der Waals surface area contributed by atoms with E-state index in [4.69, 9.17) is 10.2 Å². The molecule has 0 unspecified atom stereocenters. The van der Waals surface area contributed by atoms with Crippen molar-refractivity contribution in [2.45, 2.75) is 6.92 Å². The monoisotopic (exact) mass is 295 g/mol. The summed E-state index contributed by atoms with van der Waals surface area (Å²) < 4.78 is 5.69. The molecule has 0 saturated carbocycles. The van der Waals surface area contributed by atoms with E-state index in [-0.39, 0.29) is 5.91 Å². The minimum absolute atomic E-state index is 0.278. The third kappa shape index (κ3) is 2.65. The number of halogens is 1. The van der Waals surface area contributed by atoms with E-state index in [9.17, 15) is 4.79 Å². The van der Waals surface area contributed by atoms with Crippen LogP contribution in [0.5, 0.6) is 0 Å². The zero-order chi connectivity index (χ0) is 12.4. The molecule has 0 aliphatic carbocycles. The molecule has 0 aliphatic rings. The van der Waals surface area contributed by atoms with Crippen molar-refractivity contribution in [2.75, 3.05) is 11.1 Å². The molecule has 0 aromatic carbocycles. The van der Waals surface area contributed by atoms with Gasteiger partial charge in [0, 0.05) is 0 Å². The molecule has 0 radical (unpaired) electrons. The van der Waals surface area contributed by atoms with Crippen LogP contribution in [0.3, 0.4) is 0 Å². The Morgan fingerprint density at radius 1 is 1.53 bits per heavy atom. The first-order chi connectivity index (χ1) is 8.06. The van der Waals surface area contributed by atoms with Crippen molar-refractivity contribution in [3.63, 3.8) is 0 Å². The molecule has 2 aromatic heterocycles. The smallest absolute Gasteiger partial charge is 0.260 e. The zero-order valence-electron chi connectivity index (χ0n) is 9.03. The average molecular weight is 296 g/mol. The molecular formula is C11H10BrN3O2. The first kappa shape index (κ1) is 11.7. The van der Waals surface area contributed by atoms with Crippen molar-refractivity contribution in [3.05, 3.63) is 40.4 Å². The maximum Gasteiger partial charge on any atom is 0.260 e. The van der Waals surface area contributed by atoms with Crippen LogP contribution in [-0.4, -0.2) is 10.9 Å². The van der Waals surface area contributed by atoms with Crippen molar-refractivity contribution < 1.29 is 9.21 Å². The number of nitrogens with two attached hydrogens (primary N) is 1. The Labute approximate surface area is 106 Å². The second kappa shape index (κ2) is 4.58. The van der Waals surface area contributed by atoms with Gasteiger partial charge in [-0.1, -0.05) is 0 Å². The minimum Gasteiger partial charge on any atom is -0.469 e. The summed E-state index contributed by atoms with van der Waals surface area (Å²) in [7, 11) is 0. The van der Waals surface area contributed by atoms with E-state index in [1.807, 2.05) is 0 Å². The fourth-order valence-electron chi connectivity index (χ4n) is 1.29. The van der Waals surface area contributed by atoms with Crippen LogP contribution in [0.4, 0.5) is 11.5 Å². The van der Waals surface area contributed by atoms with Crippen LogP contribution in [0.15, 0.2) is 33.5 Å². The number of hydrogen-bond donors (Lipinski definition) is 2. The lowest BCUT2D eigenvalue weighted by atomic mass is 10.3. The summed E-state index contributed by atoms with van der Waals surface area (Å²) in [5, 5.41) is 2.65. The fourth-order valence-corrected chi connectivity index (χ4v) is 1.75. The molecule has 0 saturated heterocycles. The van der Waals surface area contributed by atoms with Gasteiger partial charge in [-0.2, -0.15) is 0 Å². The number of pyridine rings is 1. The van der Waals surface area contributed by atoms with Gasteiger partial charge < -0.3 is 15.5 Å². The Kier molecular flexibility index (Phi) is 3.14. The molecule has 5 nitrogen and oxygen atoms in total. The first-order valence-electron chi connectivity index (χ1n) is 4.84. The highest BCUT2D eigenvalue weighted by Crippen LogP contribution is 2.22. The number of carbonyl (C=O) groups is 1. The van der Waals surface area contributed by atoms with Gasteiger partial charge in [-0.3, -0.25) is 4.79 Å². The highest BCUT2D eigenvalue weighted by Gasteiger charge is 2.11. The molecule has 3 N–H and O–H groups in total. The van der Waals surface area contributed by atoms with Crippen molar-refractivity contribution in [1.29, 1.82) is 0 Å². The molecule has 0 bridgehead atoms. The molecule has 88 valence electrons. The molecule has 0 fully saturated rings. The second-order valence-electron chi connectivity index (χ2n) is 3.50. The number of hydrogen-bond acceptors (Lipinski definition) is 4. The number of furan rings is 1. The van der Waals surface area contributed by atoms with Crippen molar-refractivity contribution in [3.8, 4) is 0 Å². The Balaban J connectivity index is 2.18. The standard InChI is InChI=1S/C11H10BrN3O2/c1-6-2-7(5-17-6)11(16)15-10-9(12)3-8(13)4-14-10/h2-5H,13H2,1H3,(H,14,15,16). The number of aromatic nitrogens is 1. The summed E-state index contributed by atoms with van der Waals surface area (Å²) in [6.45, 7) is 1.77. The summed E-state index contributed by atoms with van der Waals surface area (Å²) in [6.07, 6.45) is 2.87. The maximum atomic E-state index is 11.8. The van der Waals surface area contributed by atoms with Gasteiger partial charge in [-0.25, -0.2) is 4.98 Å². The first-order valence-corrected chi connectivity index (χ1v) is 5.63. The van der Waals surface area contributed by atoms with Gasteiger partial charge in [0.1, 0.15) is 17.8 Å². The molecule has 2 aromatic rings. The number of amides is 1. The number of nitrogens with one attached hydrogen (secondary N) is 1. The molecular weight excluding hydrogens is 286 g/mol. The highest BCUT2D eigenvalue weighted by atomic mass is 79.9. The van der Waals surface area contributed by atoms with Crippen LogP contribution in [0, 0.1) is 6.92 Å². The Bertz CT molecular complexity index is 566. The summed E-state index contributed by atoms with van der Waals surface area (Å²) in [5.74, 6) is 0.822. The quantitative estimate of drug-likeness (QED) is 0.892. The van der Waals surface area contributed by atoms with Gasteiger partial charge in [0.15, 0.2) is 0 Å². The lowest BCUT2D eigenvalue weighted by Crippen LogP contribution is -2.12. The topological polar surface area (TPSA) is 81.2 Å². The molecule has 1 amide bonds. The zero-order valence-corrected chi connectivity index (χ0v) is 10.6. The predicted octanol–water partition coefficient (Wildman–Crippen LogP) is 2.58. The van der Waals surface area contributed by atoms with E-state index in [2.05, 4.69) is 26.2 Å². The summed E-state index contributed by atoms with van der Waals surface area (Å²) >= 11 is 3.27. The molecule has 0 spiro atoms. The number of carbonyl (C=O) groups excluding carboxylic acids is 1. The van der Waals surface area contributed by atoms with Crippen molar-refractivity contribution >= 4 is 33.3 Å². The van der Waals surface area contributed by atoms with E-state index in [1.54, 1.807) is 19.1 Å². The van der Waals surface area contributed by atoms with Gasteiger partial charge >= 0.3 is 0 Å². The van der Waals surface area contributed by atoms with Crippen LogP contribution in [-0.2, 0) is 0 Å². The molecule has 0 aliphatic heterocycles. The SMILES string of the molecule is Cc1cc(C(=O)Nc2ncc(N)cc2Br)co1. The number of nitrogens with zero attached hydrogens (tertiary/aromatic N) is 1. The maximum absolute atomic E-state index is 11.8. The Morgan fingerprint density at radius 3 is 2.88 bits per heavy atom. The van der Waals surface area contributed by atoms with Gasteiger partial charge in [0.25, 0.3) is 5.91 Å². The molecule has 17 heavy (non-hydrogen) atoms. The van der Waals surface area contributed by atoms with Crippen LogP contribution < -0.4 is 11.1 Å². The van der Waals surface area contributed by atoms with E-state index in [0.29, 0.717) is 27.3 Å². The van der Waals surface area contributed by atoms with Crippen LogP contribution in [0.25, 0.3) is 0 Å². The summed E-state index contributed by atoms with van der Waals surface area (Å²) in [6, 6.07) is 3.32. The Morgan fingerprint density at radius 2 is 2.29 bits per heavy atom. The molecule has 6 heteroatoms. The summed E-state index contributed by atoms with van der Waals surface area (Å²) in [5.41, 5.74) is 6.53. The van der Waals surface area contributed by atoms with Gasteiger partial charge in [-0.15, -0.1) is 0 Å². The normalized spacial score (nSPS) is 10.2. The number of aryl methyl sites for hydroxylation is 1. The average Bonchev–Trinajstić information content (AvgIpc) is 2.69. The van der Waals surface area contributed by atoms with E-state index in [1.165, 1.54) is 12.5 Å². The minimum atomic E-state index is -0.278. The fraction of sp³-hybridized carbons (Fsp3) is 0.0909. The lowest BCUT2D eigenvalue weighted by Gasteiger charge is -2.05. The summed E-state index contributed by atoms with van der Waals surface area (Å²) in [4.78, 5) is 15.8. The largest absolute Gasteiger partial charge is 0.469 e. The number of rotatable bonds is 2. The van der Waals surface area contributed by atoms with E-state index < -0.39 is 0 Å². The Hall–Kier alpha value is -1.82. The van der Waals surface area contributed by atoms with Gasteiger partial charge in [0.2, 0.25) is 0 Å². The van der Waals surface area contributed by atoms with Crippen LogP contribution >= 0.6 is 15.9 Å². The van der Waals surface area contributed by atoms with Gasteiger partial charge in [-0.05, 0) is 35.0 Å². The van der Waals surface area contributed by atoms with Gasteiger partial charge in [0.05, 0.1) is 21.9 Å². The predicted molar refractivity (Wildman–Crippen MR) is 67.7 cm³/mol. The van der Waals surface area contributed by atoms with Crippen LogP contribution in [0.1, 0.15) is 16.1 Å². The second-order valence-corrected chi connectivity index (χ2v) is 4.35. The number of anilines is 2. The van der Waals surface area contributed by atoms with Crippen molar-refractivity contribution in [2.24, 2.45) is 0 Å². The molecule has 2 rings (SSSR count). The van der Waals surface area contributed by atoms with E-state index >= 15 is 0 Å². The lowest BCUT2D eigenvalue weighted by molar-refractivity contribution is 0.102. The molecule has 0 atom stereocenters.